The summed E-state index contributed by atoms with van der Waals surface area (Å²) in [6.07, 6.45) is 9.27. The van der Waals surface area contributed by atoms with Gasteiger partial charge in [0.25, 0.3) is 0 Å². The second-order valence-corrected chi connectivity index (χ2v) is 12.7. The third kappa shape index (κ3) is 6.57. The number of aromatic amines is 3. The van der Waals surface area contributed by atoms with E-state index in [0.717, 1.165) is 49.4 Å². The number of likely N-dealkylation sites (tertiary alicyclic amines) is 1. The summed E-state index contributed by atoms with van der Waals surface area (Å²) in [4.78, 5) is 64.8. The quantitative estimate of drug-likeness (QED) is 0.118. The topological polar surface area (TPSA) is 169 Å². The van der Waals surface area contributed by atoms with Crippen molar-refractivity contribution in [3.8, 4) is 0 Å². The van der Waals surface area contributed by atoms with Crippen LogP contribution in [0.25, 0.3) is 32.7 Å². The highest BCUT2D eigenvalue weighted by Crippen LogP contribution is 2.24. The molecule has 7 N–H and O–H groups in total. The van der Waals surface area contributed by atoms with E-state index in [1.807, 2.05) is 97.7 Å². The van der Waals surface area contributed by atoms with Crippen molar-refractivity contribution in [3.05, 3.63) is 108 Å². The molecular formula is C38H38N7O4. The first-order valence-corrected chi connectivity index (χ1v) is 16.6. The van der Waals surface area contributed by atoms with Gasteiger partial charge in [-0.3, -0.25) is 19.2 Å². The van der Waals surface area contributed by atoms with Gasteiger partial charge in [-0.05, 0) is 54.2 Å². The fourth-order valence-corrected chi connectivity index (χ4v) is 7.05. The Morgan fingerprint density at radius 1 is 0.755 bits per heavy atom. The maximum absolute atomic E-state index is 13.9. The van der Waals surface area contributed by atoms with Crippen LogP contribution in [0.3, 0.4) is 0 Å². The maximum Gasteiger partial charge on any atom is 0.243 e. The normalized spacial score (nSPS) is 16.5. The van der Waals surface area contributed by atoms with E-state index in [9.17, 15) is 19.2 Å². The Hall–Kier alpha value is -5.68. The molecule has 4 atom stereocenters. The van der Waals surface area contributed by atoms with Gasteiger partial charge < -0.3 is 36.2 Å². The van der Waals surface area contributed by atoms with Crippen LogP contribution in [-0.2, 0) is 38.4 Å². The summed E-state index contributed by atoms with van der Waals surface area (Å²) < 4.78 is 0. The van der Waals surface area contributed by atoms with Crippen LogP contribution in [0, 0.1) is 0 Å². The number of nitrogens with two attached hydrogens (primary N) is 1. The summed E-state index contributed by atoms with van der Waals surface area (Å²) in [6, 6.07) is 19.7. The van der Waals surface area contributed by atoms with Crippen molar-refractivity contribution < 1.29 is 19.2 Å². The molecule has 1 aliphatic heterocycles. The second-order valence-electron chi connectivity index (χ2n) is 12.7. The van der Waals surface area contributed by atoms with Crippen LogP contribution in [0.4, 0.5) is 0 Å². The zero-order valence-corrected chi connectivity index (χ0v) is 26.9. The first-order valence-electron chi connectivity index (χ1n) is 16.6. The van der Waals surface area contributed by atoms with Gasteiger partial charge in [0, 0.05) is 70.7 Å². The van der Waals surface area contributed by atoms with Gasteiger partial charge in [0.05, 0.1) is 12.1 Å². The van der Waals surface area contributed by atoms with E-state index >= 15 is 0 Å². The van der Waals surface area contributed by atoms with Crippen molar-refractivity contribution in [1.29, 1.82) is 0 Å². The fraction of sp³-hybridized carbons (Fsp3) is 0.263. The van der Waals surface area contributed by atoms with Crippen molar-refractivity contribution in [2.75, 3.05) is 6.54 Å². The zero-order chi connectivity index (χ0) is 33.9. The Morgan fingerprint density at radius 3 is 1.82 bits per heavy atom. The second kappa shape index (κ2) is 13.8. The minimum absolute atomic E-state index is 0.168. The molecule has 0 spiro atoms. The number of carbonyl (C=O) groups excluding carboxylic acids is 4. The lowest BCUT2D eigenvalue weighted by molar-refractivity contribution is -0.140. The van der Waals surface area contributed by atoms with Gasteiger partial charge in [-0.1, -0.05) is 54.6 Å². The smallest absolute Gasteiger partial charge is 0.243 e. The number of carbonyl (C=O) groups is 3. The highest BCUT2D eigenvalue weighted by atomic mass is 16.2. The lowest BCUT2D eigenvalue weighted by Gasteiger charge is -2.28. The first-order chi connectivity index (χ1) is 23.9. The number of hydrogen-bond acceptors (Lipinski definition) is 5. The molecule has 1 fully saturated rings. The van der Waals surface area contributed by atoms with Crippen LogP contribution in [-0.4, -0.2) is 74.6 Å². The van der Waals surface area contributed by atoms with E-state index < -0.39 is 36.0 Å². The molecule has 49 heavy (non-hydrogen) atoms. The molecule has 4 heterocycles. The molecule has 0 unspecified atom stereocenters. The average molecular weight is 657 g/mol. The summed E-state index contributed by atoms with van der Waals surface area (Å²) in [6.45, 7) is 0.393. The third-order valence-corrected chi connectivity index (χ3v) is 9.56. The molecule has 249 valence electrons. The van der Waals surface area contributed by atoms with Crippen molar-refractivity contribution in [2.24, 2.45) is 5.73 Å². The molecule has 1 aliphatic rings. The number of nitrogens with zero attached hydrogens (tertiary/aromatic N) is 1. The van der Waals surface area contributed by atoms with Crippen molar-refractivity contribution in [3.63, 3.8) is 0 Å². The van der Waals surface area contributed by atoms with Gasteiger partial charge >= 0.3 is 0 Å². The number of amides is 3. The first kappa shape index (κ1) is 31.9. The summed E-state index contributed by atoms with van der Waals surface area (Å²) in [5, 5.41) is 8.63. The molecule has 3 aromatic carbocycles. The van der Waals surface area contributed by atoms with Gasteiger partial charge in [-0.25, -0.2) is 0 Å². The summed E-state index contributed by atoms with van der Waals surface area (Å²) in [5.41, 5.74) is 11.9. The van der Waals surface area contributed by atoms with E-state index in [2.05, 4.69) is 25.6 Å². The van der Waals surface area contributed by atoms with E-state index in [4.69, 9.17) is 5.73 Å². The standard InChI is InChI=1S/C38H38N7O4/c39-30(17-24-20-41-32-12-5-2-9-28(24)32)38(49)45-15-7-14-35(45)37(48)44-34(18-25-21-42-33-13-6-3-10-29(25)33)36(47)43-26(22-46)16-23-19-40-31-11-4-1-8-27(23)31/h1-6,8-13,19-21,26,30,34-35,40-42H,7,14-18,39H2,(H,43,47)(H,44,48)/t26-,30-,34-,35-/m0/s1. The Morgan fingerprint density at radius 2 is 1.27 bits per heavy atom. The monoisotopic (exact) mass is 656 g/mol. The maximum atomic E-state index is 13.9. The SMILES string of the molecule is N[C@@H](Cc1c[nH]c2ccccc12)C(=O)N1CCC[C@H]1C(=O)N[C@@H](Cc1c[nH]c2ccccc12)C(=O)N[C@H]([C]=O)Cc1c[nH]c2ccccc12. The van der Waals surface area contributed by atoms with Gasteiger partial charge in [0.2, 0.25) is 24.0 Å². The van der Waals surface area contributed by atoms with Crippen LogP contribution < -0.4 is 16.4 Å². The lowest BCUT2D eigenvalue weighted by Crippen LogP contribution is -2.57. The molecule has 3 amide bonds. The number of fused-ring (bicyclic) bond motifs is 3. The highest BCUT2D eigenvalue weighted by molar-refractivity contribution is 5.95. The predicted octanol–water partition coefficient (Wildman–Crippen LogP) is 3.56. The third-order valence-electron chi connectivity index (χ3n) is 9.56. The van der Waals surface area contributed by atoms with Gasteiger partial charge in [0.1, 0.15) is 12.1 Å². The fourth-order valence-electron chi connectivity index (χ4n) is 7.05. The summed E-state index contributed by atoms with van der Waals surface area (Å²) in [5.74, 6) is -1.26. The predicted molar refractivity (Wildman–Crippen MR) is 188 cm³/mol. The zero-order valence-electron chi connectivity index (χ0n) is 26.9. The van der Waals surface area contributed by atoms with Crippen molar-refractivity contribution in [2.45, 2.75) is 56.3 Å². The largest absolute Gasteiger partial charge is 0.361 e. The van der Waals surface area contributed by atoms with Crippen LogP contribution in [0.5, 0.6) is 0 Å². The van der Waals surface area contributed by atoms with E-state index in [1.165, 1.54) is 4.90 Å². The minimum atomic E-state index is -1.03. The average Bonchev–Trinajstić information content (AvgIpc) is 3.94. The number of nitrogens with one attached hydrogen (secondary N) is 5. The van der Waals surface area contributed by atoms with Gasteiger partial charge in [-0.2, -0.15) is 0 Å². The molecule has 0 aliphatic carbocycles. The number of benzene rings is 3. The Balaban J connectivity index is 1.08. The number of para-hydroxylation sites is 3. The molecule has 3 aromatic heterocycles. The Kier molecular flexibility index (Phi) is 8.99. The molecular weight excluding hydrogens is 618 g/mol. The van der Waals surface area contributed by atoms with Crippen LogP contribution in [0.1, 0.15) is 29.5 Å². The molecule has 6 aromatic rings. The van der Waals surface area contributed by atoms with Crippen molar-refractivity contribution >= 4 is 56.7 Å². The molecule has 11 nitrogen and oxygen atoms in total. The van der Waals surface area contributed by atoms with Gasteiger partial charge in [0.15, 0.2) is 0 Å². The number of hydrogen-bond donors (Lipinski definition) is 6. The lowest BCUT2D eigenvalue weighted by atomic mass is 10.0. The molecule has 11 heteroatoms. The number of H-pyrrole nitrogens is 3. The Labute approximate surface area is 282 Å². The van der Waals surface area contributed by atoms with Crippen LogP contribution >= 0.6 is 0 Å². The van der Waals surface area contributed by atoms with E-state index in [1.54, 1.807) is 0 Å². The van der Waals surface area contributed by atoms with Gasteiger partial charge in [-0.15, -0.1) is 0 Å². The van der Waals surface area contributed by atoms with Crippen LogP contribution in [0.15, 0.2) is 91.4 Å². The summed E-state index contributed by atoms with van der Waals surface area (Å²) >= 11 is 0. The minimum Gasteiger partial charge on any atom is -0.361 e. The van der Waals surface area contributed by atoms with Crippen molar-refractivity contribution in [1.82, 2.24) is 30.5 Å². The molecule has 7 rings (SSSR count). The summed E-state index contributed by atoms with van der Waals surface area (Å²) in [7, 11) is 0. The van der Waals surface area contributed by atoms with Crippen LogP contribution in [0.2, 0.25) is 0 Å². The molecule has 0 saturated carbocycles. The molecule has 1 saturated heterocycles. The van der Waals surface area contributed by atoms with E-state index in [0.29, 0.717) is 25.8 Å². The Bertz CT molecular complexity index is 2150. The highest BCUT2D eigenvalue weighted by Gasteiger charge is 2.38. The van der Waals surface area contributed by atoms with E-state index in [-0.39, 0.29) is 18.7 Å². The molecule has 0 bridgehead atoms. The number of aromatic nitrogens is 3. The molecule has 1 radical (unpaired) electrons. The number of rotatable bonds is 12.